The van der Waals surface area contributed by atoms with Crippen LogP contribution in [0.25, 0.3) is 0 Å². The fourth-order valence-electron chi connectivity index (χ4n) is 1.71. The van der Waals surface area contributed by atoms with Gasteiger partial charge in [0.05, 0.1) is 5.56 Å². The molecule has 2 rings (SSSR count). The average molecular weight is 403 g/mol. The lowest BCUT2D eigenvalue weighted by molar-refractivity contribution is -0.0498. The molecule has 0 aliphatic rings. The van der Waals surface area contributed by atoms with Crippen molar-refractivity contribution in [1.29, 1.82) is 0 Å². The maximum Gasteiger partial charge on any atom is 0.387 e. The highest BCUT2D eigenvalue weighted by molar-refractivity contribution is 14.1. The second kappa shape index (κ2) is 7.35. The Hall–Kier alpha value is -1.70. The van der Waals surface area contributed by atoms with E-state index >= 15 is 0 Å². The molecule has 0 bridgehead atoms. The monoisotopic (exact) mass is 403 g/mol. The minimum atomic E-state index is -2.84. The van der Waals surface area contributed by atoms with Gasteiger partial charge in [0.25, 0.3) is 5.91 Å². The Bertz CT molecular complexity index is 617. The molecule has 0 unspecified atom stereocenters. The molecule has 0 radical (unpaired) electrons. The van der Waals surface area contributed by atoms with E-state index in [9.17, 15) is 13.6 Å². The molecular weight excluding hydrogens is 391 g/mol. The molecule has 0 atom stereocenters. The Balaban J connectivity index is 1.94. The van der Waals surface area contributed by atoms with Crippen LogP contribution in [0.15, 0.2) is 48.5 Å². The number of alkyl halides is 2. The van der Waals surface area contributed by atoms with Crippen LogP contribution in [-0.4, -0.2) is 12.5 Å². The molecule has 0 aliphatic heterocycles. The van der Waals surface area contributed by atoms with Crippen molar-refractivity contribution in [3.8, 4) is 5.75 Å². The van der Waals surface area contributed by atoms with E-state index in [1.165, 1.54) is 12.1 Å². The highest BCUT2D eigenvalue weighted by atomic mass is 127. The zero-order chi connectivity index (χ0) is 15.2. The van der Waals surface area contributed by atoms with E-state index in [4.69, 9.17) is 0 Å². The molecule has 21 heavy (non-hydrogen) atoms. The van der Waals surface area contributed by atoms with Gasteiger partial charge in [-0.3, -0.25) is 4.79 Å². The summed E-state index contributed by atoms with van der Waals surface area (Å²) in [7, 11) is 0. The molecule has 1 amide bonds. The van der Waals surface area contributed by atoms with E-state index in [1.54, 1.807) is 24.3 Å². The van der Waals surface area contributed by atoms with Crippen molar-refractivity contribution in [1.82, 2.24) is 5.32 Å². The topological polar surface area (TPSA) is 38.3 Å². The number of carbonyl (C=O) groups is 1. The first-order valence-corrected chi connectivity index (χ1v) is 7.20. The Labute approximate surface area is 134 Å². The van der Waals surface area contributed by atoms with E-state index in [-0.39, 0.29) is 11.7 Å². The summed E-state index contributed by atoms with van der Waals surface area (Å²) in [5, 5.41) is 2.78. The van der Waals surface area contributed by atoms with E-state index in [0.717, 1.165) is 9.13 Å². The van der Waals surface area contributed by atoms with Crippen LogP contribution in [0.3, 0.4) is 0 Å². The molecule has 0 saturated carbocycles. The predicted octanol–water partition coefficient (Wildman–Crippen LogP) is 3.82. The number of halogens is 3. The third-order valence-electron chi connectivity index (χ3n) is 2.72. The second-order valence-electron chi connectivity index (χ2n) is 4.18. The average Bonchev–Trinajstić information content (AvgIpc) is 2.46. The van der Waals surface area contributed by atoms with Gasteiger partial charge < -0.3 is 10.1 Å². The van der Waals surface area contributed by atoms with E-state index < -0.39 is 6.61 Å². The molecule has 6 heteroatoms. The molecular formula is C15H12F2INO2. The van der Waals surface area contributed by atoms with Crippen LogP contribution in [0.4, 0.5) is 8.78 Å². The number of rotatable bonds is 5. The third kappa shape index (κ3) is 4.66. The Morgan fingerprint density at radius 1 is 1.14 bits per heavy atom. The summed E-state index contributed by atoms with van der Waals surface area (Å²) in [5.74, 6) is -0.0782. The maximum absolute atomic E-state index is 12.0. The summed E-state index contributed by atoms with van der Waals surface area (Å²) in [6.45, 7) is -2.52. The van der Waals surface area contributed by atoms with Crippen molar-refractivity contribution < 1.29 is 18.3 Å². The summed E-state index contributed by atoms with van der Waals surface area (Å²) in [5.41, 5.74) is 1.41. The van der Waals surface area contributed by atoms with E-state index in [0.29, 0.717) is 12.1 Å². The van der Waals surface area contributed by atoms with Gasteiger partial charge in [0, 0.05) is 10.1 Å². The maximum atomic E-state index is 12.0. The lowest BCUT2D eigenvalue weighted by Crippen LogP contribution is -2.23. The van der Waals surface area contributed by atoms with Gasteiger partial charge in [0.1, 0.15) is 5.75 Å². The molecule has 0 aliphatic carbocycles. The number of amides is 1. The number of ether oxygens (including phenoxy) is 1. The van der Waals surface area contributed by atoms with Crippen molar-refractivity contribution in [2.24, 2.45) is 0 Å². The minimum Gasteiger partial charge on any atom is -0.435 e. The van der Waals surface area contributed by atoms with Gasteiger partial charge >= 0.3 is 6.61 Å². The summed E-state index contributed by atoms with van der Waals surface area (Å²) in [6.07, 6.45) is 0. The first-order valence-electron chi connectivity index (χ1n) is 6.13. The van der Waals surface area contributed by atoms with Crippen molar-refractivity contribution in [3.05, 3.63) is 63.2 Å². The third-order valence-corrected chi connectivity index (χ3v) is 3.66. The lowest BCUT2D eigenvalue weighted by Gasteiger charge is -2.08. The van der Waals surface area contributed by atoms with Gasteiger partial charge in [-0.25, -0.2) is 0 Å². The molecule has 0 spiro atoms. The lowest BCUT2D eigenvalue weighted by atomic mass is 10.2. The number of carbonyl (C=O) groups excluding carboxylic acids is 1. The standard InChI is InChI=1S/C15H12F2INO2/c16-15(17)21-11-7-5-10(6-8-11)9-19-14(20)12-3-1-2-4-13(12)18/h1-8,15H,9H2,(H,19,20). The van der Waals surface area contributed by atoms with E-state index in [1.807, 2.05) is 12.1 Å². The van der Waals surface area contributed by atoms with Gasteiger partial charge in [-0.1, -0.05) is 24.3 Å². The number of hydrogen-bond donors (Lipinski definition) is 1. The quantitative estimate of drug-likeness (QED) is 0.772. The van der Waals surface area contributed by atoms with Crippen molar-refractivity contribution in [2.75, 3.05) is 0 Å². The summed E-state index contributed by atoms with van der Waals surface area (Å²) in [4.78, 5) is 12.0. The number of hydrogen-bond acceptors (Lipinski definition) is 2. The molecule has 1 N–H and O–H groups in total. The Morgan fingerprint density at radius 2 is 1.81 bits per heavy atom. The van der Waals surface area contributed by atoms with Crippen molar-refractivity contribution >= 4 is 28.5 Å². The van der Waals surface area contributed by atoms with Gasteiger partial charge in [-0.15, -0.1) is 0 Å². The highest BCUT2D eigenvalue weighted by Crippen LogP contribution is 2.15. The smallest absolute Gasteiger partial charge is 0.387 e. The molecule has 110 valence electrons. The molecule has 3 nitrogen and oxygen atoms in total. The largest absolute Gasteiger partial charge is 0.435 e. The van der Waals surface area contributed by atoms with Gasteiger partial charge in [0.2, 0.25) is 0 Å². The summed E-state index contributed by atoms with van der Waals surface area (Å²) >= 11 is 2.10. The highest BCUT2D eigenvalue weighted by Gasteiger charge is 2.09. The molecule has 2 aromatic rings. The summed E-state index contributed by atoms with van der Waals surface area (Å²) < 4.78 is 29.2. The SMILES string of the molecule is O=C(NCc1ccc(OC(F)F)cc1)c1ccccc1I. The van der Waals surface area contributed by atoms with Crippen LogP contribution in [0.1, 0.15) is 15.9 Å². The van der Waals surface area contributed by atoms with Gasteiger partial charge in [0.15, 0.2) is 0 Å². The molecule has 0 fully saturated rings. The van der Waals surface area contributed by atoms with Gasteiger partial charge in [-0.05, 0) is 52.4 Å². The first kappa shape index (κ1) is 15.7. The van der Waals surface area contributed by atoms with Crippen molar-refractivity contribution in [3.63, 3.8) is 0 Å². The Kier molecular flexibility index (Phi) is 5.49. The second-order valence-corrected chi connectivity index (χ2v) is 5.35. The summed E-state index contributed by atoms with van der Waals surface area (Å²) in [6, 6.07) is 13.4. The fraction of sp³-hybridized carbons (Fsp3) is 0.133. The number of benzene rings is 2. The molecule has 2 aromatic carbocycles. The fourth-order valence-corrected chi connectivity index (χ4v) is 2.34. The van der Waals surface area contributed by atoms with E-state index in [2.05, 4.69) is 32.6 Å². The molecule has 0 saturated heterocycles. The van der Waals surface area contributed by atoms with Crippen LogP contribution in [0.2, 0.25) is 0 Å². The number of nitrogens with one attached hydrogen (secondary N) is 1. The normalized spacial score (nSPS) is 10.5. The van der Waals surface area contributed by atoms with Crippen LogP contribution in [0, 0.1) is 3.57 Å². The van der Waals surface area contributed by atoms with Crippen LogP contribution < -0.4 is 10.1 Å². The predicted molar refractivity (Wildman–Crippen MR) is 83.4 cm³/mol. The minimum absolute atomic E-state index is 0.0951. The Morgan fingerprint density at radius 3 is 2.43 bits per heavy atom. The first-order chi connectivity index (χ1) is 10.1. The van der Waals surface area contributed by atoms with Gasteiger partial charge in [-0.2, -0.15) is 8.78 Å². The zero-order valence-corrected chi connectivity index (χ0v) is 13.0. The zero-order valence-electron chi connectivity index (χ0n) is 10.9. The van der Waals surface area contributed by atoms with Crippen LogP contribution >= 0.6 is 22.6 Å². The molecule has 0 heterocycles. The molecule has 0 aromatic heterocycles. The van der Waals surface area contributed by atoms with Crippen molar-refractivity contribution in [2.45, 2.75) is 13.2 Å². The van der Waals surface area contributed by atoms with Crippen LogP contribution in [-0.2, 0) is 6.54 Å². The van der Waals surface area contributed by atoms with Crippen LogP contribution in [0.5, 0.6) is 5.75 Å².